The number of halogens is 1. The second-order valence-electron chi connectivity index (χ2n) is 13.2. The number of carbonyl (C=O) groups excluding carboxylic acids is 2. The molecular weight excluding hydrogens is 599 g/mol. The zero-order valence-electron chi connectivity index (χ0n) is 27.0. The SMILES string of the molecule is CC(C)(C)OC(=O)c1ccc2nc(CN3CCC(c4cccc(NC(=O)c5ccc(C#N)cc5F)n4)CC3)n(C[C@@H]3CCCO3)c2c1. The summed E-state index contributed by atoms with van der Waals surface area (Å²) in [5.74, 6) is -0.225. The van der Waals surface area contributed by atoms with E-state index < -0.39 is 17.3 Å². The first-order valence-electron chi connectivity index (χ1n) is 16.1. The molecule has 1 amide bonds. The first-order valence-corrected chi connectivity index (χ1v) is 16.1. The van der Waals surface area contributed by atoms with Gasteiger partial charge in [0.25, 0.3) is 5.91 Å². The number of carbonyl (C=O) groups is 2. The van der Waals surface area contributed by atoms with Crippen LogP contribution in [0.25, 0.3) is 11.0 Å². The molecule has 2 aliphatic rings. The van der Waals surface area contributed by atoms with Crippen LogP contribution in [-0.4, -0.2) is 62.7 Å². The van der Waals surface area contributed by atoms with E-state index in [1.807, 2.05) is 51.1 Å². The molecule has 2 aliphatic heterocycles. The summed E-state index contributed by atoms with van der Waals surface area (Å²) in [6.07, 6.45) is 3.89. The third-order valence-corrected chi connectivity index (χ3v) is 8.60. The van der Waals surface area contributed by atoms with Gasteiger partial charge in [-0.2, -0.15) is 5.26 Å². The smallest absolute Gasteiger partial charge is 0.338 e. The van der Waals surface area contributed by atoms with Crippen molar-refractivity contribution in [3.63, 3.8) is 0 Å². The van der Waals surface area contributed by atoms with E-state index in [2.05, 4.69) is 19.8 Å². The quantitative estimate of drug-likeness (QED) is 0.226. The van der Waals surface area contributed by atoms with Gasteiger partial charge in [0.05, 0.1) is 53.0 Å². The summed E-state index contributed by atoms with van der Waals surface area (Å²) in [6.45, 7) is 9.35. The molecule has 0 spiro atoms. The highest BCUT2D eigenvalue weighted by atomic mass is 19.1. The summed E-state index contributed by atoms with van der Waals surface area (Å²) < 4.78 is 28.2. The van der Waals surface area contributed by atoms with Crippen LogP contribution in [0.1, 0.15) is 90.2 Å². The lowest BCUT2D eigenvalue weighted by Gasteiger charge is -2.31. The van der Waals surface area contributed by atoms with Gasteiger partial charge in [0.1, 0.15) is 23.1 Å². The van der Waals surface area contributed by atoms with Crippen molar-refractivity contribution in [2.75, 3.05) is 25.0 Å². The predicted octanol–water partition coefficient (Wildman–Crippen LogP) is 6.21. The second-order valence-corrected chi connectivity index (χ2v) is 13.2. The normalized spacial score (nSPS) is 17.5. The van der Waals surface area contributed by atoms with Crippen molar-refractivity contribution in [1.29, 1.82) is 5.26 Å². The molecule has 11 heteroatoms. The van der Waals surface area contributed by atoms with Gasteiger partial charge in [-0.15, -0.1) is 0 Å². The van der Waals surface area contributed by atoms with E-state index in [-0.39, 0.29) is 29.1 Å². The molecule has 2 fully saturated rings. The summed E-state index contributed by atoms with van der Waals surface area (Å²) in [5, 5.41) is 11.7. The highest BCUT2D eigenvalue weighted by molar-refractivity contribution is 6.04. The minimum absolute atomic E-state index is 0.106. The van der Waals surface area contributed by atoms with Gasteiger partial charge < -0.3 is 19.4 Å². The lowest BCUT2D eigenvalue weighted by molar-refractivity contribution is 0.00695. The fraction of sp³-hybridized carbons (Fsp3) is 0.417. The summed E-state index contributed by atoms with van der Waals surface area (Å²) >= 11 is 0. The van der Waals surface area contributed by atoms with Crippen molar-refractivity contribution >= 4 is 28.7 Å². The lowest BCUT2D eigenvalue weighted by atomic mass is 9.93. The van der Waals surface area contributed by atoms with Gasteiger partial charge in [0, 0.05) is 18.2 Å². The highest BCUT2D eigenvalue weighted by Gasteiger charge is 2.26. The number of aromatic nitrogens is 3. The summed E-state index contributed by atoms with van der Waals surface area (Å²) in [7, 11) is 0. The number of likely N-dealkylation sites (tertiary alicyclic amines) is 1. The van der Waals surface area contributed by atoms with Crippen LogP contribution in [0, 0.1) is 17.1 Å². The Bertz CT molecular complexity index is 1830. The molecule has 2 aromatic heterocycles. The molecule has 1 atom stereocenters. The molecule has 1 N–H and O–H groups in total. The number of pyridine rings is 1. The van der Waals surface area contributed by atoms with E-state index >= 15 is 0 Å². The molecule has 47 heavy (non-hydrogen) atoms. The van der Waals surface area contributed by atoms with E-state index in [1.54, 1.807) is 12.1 Å². The van der Waals surface area contributed by atoms with Crippen LogP contribution in [0.15, 0.2) is 54.6 Å². The number of fused-ring (bicyclic) bond motifs is 1. The number of nitriles is 1. The third kappa shape index (κ3) is 7.67. The number of ether oxygens (including phenoxy) is 2. The van der Waals surface area contributed by atoms with Crippen molar-refractivity contribution < 1.29 is 23.5 Å². The molecule has 6 rings (SSSR count). The van der Waals surface area contributed by atoms with Crippen molar-refractivity contribution in [2.24, 2.45) is 0 Å². The maximum Gasteiger partial charge on any atom is 0.338 e. The van der Waals surface area contributed by atoms with Crippen molar-refractivity contribution in [3.8, 4) is 6.07 Å². The largest absolute Gasteiger partial charge is 0.456 e. The number of benzene rings is 2. The number of hydrogen-bond donors (Lipinski definition) is 1. The summed E-state index contributed by atoms with van der Waals surface area (Å²) in [4.78, 5) is 37.7. The fourth-order valence-corrected chi connectivity index (χ4v) is 6.24. The van der Waals surface area contributed by atoms with Gasteiger partial charge in [0.15, 0.2) is 0 Å². The summed E-state index contributed by atoms with van der Waals surface area (Å²) in [6, 6.07) is 16.7. The van der Waals surface area contributed by atoms with Crippen LogP contribution in [0.5, 0.6) is 0 Å². The van der Waals surface area contributed by atoms with Crippen LogP contribution >= 0.6 is 0 Å². The third-order valence-electron chi connectivity index (χ3n) is 8.60. The molecule has 0 unspecified atom stereocenters. The average Bonchev–Trinajstić information content (AvgIpc) is 3.68. The number of amides is 1. The molecule has 0 radical (unpaired) electrons. The van der Waals surface area contributed by atoms with Crippen LogP contribution in [0.2, 0.25) is 0 Å². The van der Waals surface area contributed by atoms with Crippen molar-refractivity contribution in [3.05, 3.63) is 88.6 Å². The number of nitrogens with zero attached hydrogens (tertiary/aromatic N) is 5. The van der Waals surface area contributed by atoms with E-state index in [0.717, 1.165) is 74.0 Å². The minimum atomic E-state index is -0.752. The van der Waals surface area contributed by atoms with E-state index in [9.17, 15) is 14.0 Å². The number of rotatable bonds is 8. The van der Waals surface area contributed by atoms with Gasteiger partial charge >= 0.3 is 5.97 Å². The molecule has 2 aromatic carbocycles. The minimum Gasteiger partial charge on any atom is -0.456 e. The second kappa shape index (κ2) is 13.6. The Kier molecular flexibility index (Phi) is 9.34. The van der Waals surface area contributed by atoms with E-state index in [1.165, 1.54) is 12.1 Å². The number of hydrogen-bond acceptors (Lipinski definition) is 8. The molecule has 2 saturated heterocycles. The van der Waals surface area contributed by atoms with Crippen LogP contribution in [0.4, 0.5) is 10.2 Å². The number of imidazole rings is 1. The zero-order valence-corrected chi connectivity index (χ0v) is 27.0. The van der Waals surface area contributed by atoms with Gasteiger partial charge in [-0.3, -0.25) is 9.69 Å². The van der Waals surface area contributed by atoms with Crippen LogP contribution in [0.3, 0.4) is 0 Å². The Morgan fingerprint density at radius 3 is 2.60 bits per heavy atom. The molecule has 4 heterocycles. The molecule has 4 aromatic rings. The van der Waals surface area contributed by atoms with Gasteiger partial charge in [0.2, 0.25) is 0 Å². The Hall–Kier alpha value is -4.66. The number of nitrogens with one attached hydrogen (secondary N) is 1. The Morgan fingerprint density at radius 1 is 1.09 bits per heavy atom. The average molecular weight is 639 g/mol. The number of anilines is 1. The van der Waals surface area contributed by atoms with Crippen LogP contribution in [-0.2, 0) is 22.6 Å². The summed E-state index contributed by atoms with van der Waals surface area (Å²) in [5.41, 5.74) is 2.54. The first kappa shape index (κ1) is 32.3. The van der Waals surface area contributed by atoms with Crippen molar-refractivity contribution in [1.82, 2.24) is 19.4 Å². The molecule has 0 saturated carbocycles. The highest BCUT2D eigenvalue weighted by Crippen LogP contribution is 2.30. The monoisotopic (exact) mass is 638 g/mol. The molecular formula is C36H39FN6O4. The zero-order chi connectivity index (χ0) is 33.1. The predicted molar refractivity (Wildman–Crippen MR) is 174 cm³/mol. The van der Waals surface area contributed by atoms with Crippen molar-refractivity contribution in [2.45, 2.75) is 77.2 Å². The maximum absolute atomic E-state index is 14.4. The van der Waals surface area contributed by atoms with Gasteiger partial charge in [-0.25, -0.2) is 19.2 Å². The molecule has 0 aliphatic carbocycles. The first-order chi connectivity index (χ1) is 22.6. The fourth-order valence-electron chi connectivity index (χ4n) is 6.24. The Balaban J connectivity index is 1.13. The number of esters is 1. The standard InChI is InChI=1S/C36H39FN6O4/c1-36(2,3)47-35(45)25-10-12-30-31(19-25)43(21-26-6-5-17-46-26)33(40-30)22-42-15-13-24(14-16-42)29-7-4-8-32(39-29)41-34(44)27-11-9-23(20-38)18-28(27)37/h4,7-12,18-19,24,26H,5-6,13-17,21-22H2,1-3H3,(H,39,41,44)/t26-/m0/s1. The van der Waals surface area contributed by atoms with E-state index in [4.69, 9.17) is 19.7 Å². The van der Waals surface area contributed by atoms with Gasteiger partial charge in [-0.05, 0) is 108 Å². The number of piperidine rings is 1. The Labute approximate surface area is 273 Å². The maximum atomic E-state index is 14.4. The lowest BCUT2D eigenvalue weighted by Crippen LogP contribution is -2.34. The molecule has 0 bridgehead atoms. The molecule has 10 nitrogen and oxygen atoms in total. The Morgan fingerprint density at radius 2 is 1.89 bits per heavy atom. The molecule has 244 valence electrons. The topological polar surface area (TPSA) is 122 Å². The van der Waals surface area contributed by atoms with Crippen LogP contribution < -0.4 is 5.32 Å². The van der Waals surface area contributed by atoms with Gasteiger partial charge in [-0.1, -0.05) is 6.07 Å². The van der Waals surface area contributed by atoms with E-state index in [0.29, 0.717) is 24.5 Å².